The van der Waals surface area contributed by atoms with E-state index >= 15 is 0 Å². The number of benzene rings is 2. The van der Waals surface area contributed by atoms with Gasteiger partial charge in [-0.05, 0) is 54.8 Å². The second kappa shape index (κ2) is 9.34. The van der Waals surface area contributed by atoms with Gasteiger partial charge in [-0.1, -0.05) is 31.4 Å². The molecule has 2 atom stereocenters. The minimum Gasteiger partial charge on any atom is -0.378 e. The third kappa shape index (κ3) is 5.03. The van der Waals surface area contributed by atoms with Crippen LogP contribution in [0.5, 0.6) is 0 Å². The van der Waals surface area contributed by atoms with Gasteiger partial charge in [0.1, 0.15) is 0 Å². The van der Waals surface area contributed by atoms with Crippen molar-refractivity contribution in [3.8, 4) is 0 Å². The molecule has 29 heavy (non-hydrogen) atoms. The van der Waals surface area contributed by atoms with Crippen molar-refractivity contribution in [1.82, 2.24) is 0 Å². The van der Waals surface area contributed by atoms with Gasteiger partial charge in [0, 0.05) is 44.9 Å². The summed E-state index contributed by atoms with van der Waals surface area (Å²) in [7, 11) is 4.35. The van der Waals surface area contributed by atoms with Gasteiger partial charge in [-0.25, -0.2) is 0 Å². The molecule has 1 saturated carbocycles. The summed E-state index contributed by atoms with van der Waals surface area (Å²) in [6, 6.07) is 15.0. The molecule has 0 bridgehead atoms. The van der Waals surface area contributed by atoms with Crippen molar-refractivity contribution in [1.29, 1.82) is 0 Å². The summed E-state index contributed by atoms with van der Waals surface area (Å²) in [5, 5.41) is 11.8. The molecule has 1 N–H and O–H groups in total. The smallest absolute Gasteiger partial charge is 0.264 e. The SMILES string of the molecule is CN(C)c1ccc([C@H](O)[P@@](=O)(OC2CCCCC2)c2ccc(N(C)C)cc2)cc1. The average molecular weight is 417 g/mol. The number of hydrogen-bond acceptors (Lipinski definition) is 5. The summed E-state index contributed by atoms with van der Waals surface area (Å²) in [6.07, 6.45) is 5.07. The highest BCUT2D eigenvalue weighted by molar-refractivity contribution is 7.67. The molecule has 1 fully saturated rings. The summed E-state index contributed by atoms with van der Waals surface area (Å²) < 4.78 is 20.4. The molecule has 0 radical (unpaired) electrons. The first-order chi connectivity index (χ1) is 13.8. The third-order valence-corrected chi connectivity index (χ3v) is 8.18. The van der Waals surface area contributed by atoms with Crippen molar-refractivity contribution in [3.05, 3.63) is 54.1 Å². The maximum Gasteiger partial charge on any atom is 0.264 e. The Bertz CT molecular complexity index is 828. The molecule has 1 aliphatic rings. The summed E-state index contributed by atoms with van der Waals surface area (Å²) in [5.74, 6) is -1.19. The van der Waals surface area contributed by atoms with Crippen LogP contribution < -0.4 is 15.1 Å². The number of rotatable bonds is 7. The van der Waals surface area contributed by atoms with E-state index in [2.05, 4.69) is 0 Å². The van der Waals surface area contributed by atoms with Crippen LogP contribution in [0.1, 0.15) is 43.5 Å². The van der Waals surface area contributed by atoms with E-state index in [1.807, 2.05) is 86.5 Å². The minimum atomic E-state index is -3.52. The van der Waals surface area contributed by atoms with Crippen LogP contribution in [0.25, 0.3) is 0 Å². The van der Waals surface area contributed by atoms with Gasteiger partial charge >= 0.3 is 0 Å². The molecule has 0 aliphatic heterocycles. The van der Waals surface area contributed by atoms with Crippen molar-refractivity contribution >= 4 is 24.0 Å². The van der Waals surface area contributed by atoms with Crippen LogP contribution >= 0.6 is 7.37 Å². The Morgan fingerprint density at radius 3 is 1.83 bits per heavy atom. The Kier molecular flexibility index (Phi) is 7.05. The van der Waals surface area contributed by atoms with Crippen molar-refractivity contribution in [2.75, 3.05) is 38.0 Å². The predicted molar refractivity (Wildman–Crippen MR) is 122 cm³/mol. The first-order valence-electron chi connectivity index (χ1n) is 10.3. The van der Waals surface area contributed by atoms with E-state index in [-0.39, 0.29) is 6.10 Å². The van der Waals surface area contributed by atoms with Gasteiger partial charge in [0.15, 0.2) is 5.85 Å². The molecular weight excluding hydrogens is 383 g/mol. The number of hydrogen-bond donors (Lipinski definition) is 1. The molecule has 0 aromatic heterocycles. The Hall–Kier alpha value is -1.81. The van der Waals surface area contributed by atoms with Crippen LogP contribution in [0.3, 0.4) is 0 Å². The van der Waals surface area contributed by atoms with Gasteiger partial charge < -0.3 is 19.4 Å². The van der Waals surface area contributed by atoms with Crippen molar-refractivity contribution < 1.29 is 14.2 Å². The first kappa shape index (κ1) is 21.9. The normalized spacial score (nSPS) is 18.1. The molecule has 5 nitrogen and oxygen atoms in total. The number of nitrogens with zero attached hydrogens (tertiary/aromatic N) is 2. The largest absolute Gasteiger partial charge is 0.378 e. The molecule has 0 unspecified atom stereocenters. The molecule has 2 aromatic carbocycles. The van der Waals surface area contributed by atoms with Gasteiger partial charge in [0.25, 0.3) is 7.37 Å². The highest BCUT2D eigenvalue weighted by Gasteiger charge is 2.39. The highest BCUT2D eigenvalue weighted by Crippen LogP contribution is 2.59. The monoisotopic (exact) mass is 416 g/mol. The number of anilines is 2. The Morgan fingerprint density at radius 1 is 0.862 bits per heavy atom. The Balaban J connectivity index is 1.95. The van der Waals surface area contributed by atoms with E-state index in [0.717, 1.165) is 37.1 Å². The molecule has 0 amide bonds. The van der Waals surface area contributed by atoms with E-state index in [9.17, 15) is 9.67 Å². The lowest BCUT2D eigenvalue weighted by Crippen LogP contribution is -2.22. The van der Waals surface area contributed by atoms with Gasteiger partial charge in [-0.15, -0.1) is 0 Å². The van der Waals surface area contributed by atoms with E-state index < -0.39 is 13.2 Å². The van der Waals surface area contributed by atoms with E-state index in [4.69, 9.17) is 4.52 Å². The van der Waals surface area contributed by atoms with E-state index in [0.29, 0.717) is 10.9 Å². The van der Waals surface area contributed by atoms with Gasteiger partial charge in [0.05, 0.1) is 6.10 Å². The predicted octanol–water partition coefficient (Wildman–Crippen LogP) is 4.76. The maximum atomic E-state index is 14.2. The minimum absolute atomic E-state index is 0.0705. The zero-order valence-electron chi connectivity index (χ0n) is 17.9. The topological polar surface area (TPSA) is 53.0 Å². The van der Waals surface area contributed by atoms with E-state index in [1.54, 1.807) is 0 Å². The second-order valence-corrected chi connectivity index (χ2v) is 10.6. The van der Waals surface area contributed by atoms with Crippen LogP contribution in [0.4, 0.5) is 11.4 Å². The van der Waals surface area contributed by atoms with Crippen molar-refractivity contribution in [2.45, 2.75) is 44.1 Å². The zero-order valence-corrected chi connectivity index (χ0v) is 18.8. The fourth-order valence-electron chi connectivity index (χ4n) is 3.75. The molecule has 6 heteroatoms. The molecule has 0 heterocycles. The maximum absolute atomic E-state index is 14.2. The van der Waals surface area contributed by atoms with Gasteiger partial charge in [0.2, 0.25) is 0 Å². The fourth-order valence-corrected chi connectivity index (χ4v) is 6.05. The van der Waals surface area contributed by atoms with Crippen LogP contribution in [-0.4, -0.2) is 39.4 Å². The summed E-state index contributed by atoms with van der Waals surface area (Å²) in [6.45, 7) is 0. The quantitative estimate of drug-likeness (QED) is 0.660. The van der Waals surface area contributed by atoms with Crippen LogP contribution in [0.2, 0.25) is 0 Å². The molecule has 0 spiro atoms. The van der Waals surface area contributed by atoms with Crippen molar-refractivity contribution in [2.24, 2.45) is 0 Å². The third-order valence-electron chi connectivity index (χ3n) is 5.61. The van der Waals surface area contributed by atoms with Crippen LogP contribution in [-0.2, 0) is 9.09 Å². The second-order valence-electron chi connectivity index (χ2n) is 8.23. The Labute approximate surface area is 174 Å². The fraction of sp³-hybridized carbons (Fsp3) is 0.478. The highest BCUT2D eigenvalue weighted by atomic mass is 31.2. The van der Waals surface area contributed by atoms with Gasteiger partial charge in [-0.3, -0.25) is 4.57 Å². The Morgan fingerprint density at radius 2 is 1.34 bits per heavy atom. The number of aliphatic hydroxyl groups excluding tert-OH is 1. The lowest BCUT2D eigenvalue weighted by molar-refractivity contribution is 0.137. The average Bonchev–Trinajstić information content (AvgIpc) is 2.74. The number of aliphatic hydroxyl groups is 1. The molecular formula is C23H33N2O3P. The summed E-state index contributed by atoms with van der Waals surface area (Å²) in [5.41, 5.74) is 2.66. The first-order valence-corrected chi connectivity index (χ1v) is 12.0. The summed E-state index contributed by atoms with van der Waals surface area (Å²) in [4.78, 5) is 3.99. The molecule has 2 aromatic rings. The summed E-state index contributed by atoms with van der Waals surface area (Å²) >= 11 is 0. The van der Waals surface area contributed by atoms with E-state index in [1.165, 1.54) is 6.42 Å². The van der Waals surface area contributed by atoms with Crippen LogP contribution in [0, 0.1) is 0 Å². The van der Waals surface area contributed by atoms with Crippen LogP contribution in [0.15, 0.2) is 48.5 Å². The lowest BCUT2D eigenvalue weighted by atomic mass is 9.98. The molecule has 158 valence electrons. The van der Waals surface area contributed by atoms with Crippen molar-refractivity contribution in [3.63, 3.8) is 0 Å². The molecule has 3 rings (SSSR count). The molecule has 0 saturated heterocycles. The molecule has 1 aliphatic carbocycles. The van der Waals surface area contributed by atoms with Gasteiger partial charge in [-0.2, -0.15) is 0 Å². The zero-order chi connectivity index (χ0) is 21.0. The lowest BCUT2D eigenvalue weighted by Gasteiger charge is -2.31. The standard InChI is InChI=1S/C23H33N2O3P/c1-24(2)19-12-10-18(11-13-19)23(26)29(27,28-21-8-6-5-7-9-21)22-16-14-20(15-17-22)25(3)4/h10-17,21,23,26H,5-9H2,1-4H3/t23-,29+/m1/s1.